The Hall–Kier alpha value is -0.650. The molecule has 0 aliphatic carbocycles. The van der Waals surface area contributed by atoms with Crippen molar-refractivity contribution in [2.24, 2.45) is 5.73 Å². The molecule has 0 aromatic rings. The zero-order valence-electron chi connectivity index (χ0n) is 6.03. The van der Waals surface area contributed by atoms with E-state index in [9.17, 15) is 4.79 Å². The highest BCUT2D eigenvalue weighted by atomic mass is 16.6. The maximum absolute atomic E-state index is 10.3. The van der Waals surface area contributed by atoms with Crippen molar-refractivity contribution in [1.29, 1.82) is 0 Å². The molecule has 0 bridgehead atoms. The summed E-state index contributed by atoms with van der Waals surface area (Å²) in [6, 6.07) is 0. The number of hydrogen-bond acceptors (Lipinski definition) is 4. The van der Waals surface area contributed by atoms with Gasteiger partial charge in [0.2, 0.25) is 0 Å². The third kappa shape index (κ3) is 2.14. The lowest BCUT2D eigenvalue weighted by Gasteiger charge is -2.25. The van der Waals surface area contributed by atoms with E-state index in [1.807, 2.05) is 0 Å². The molecule has 1 rings (SSSR count). The van der Waals surface area contributed by atoms with Crippen LogP contribution in [0.4, 0.5) is 0 Å². The molecule has 0 unspecified atom stereocenters. The molecule has 1 saturated heterocycles. The summed E-state index contributed by atoms with van der Waals surface area (Å²) in [5, 5.41) is 8.46. The van der Waals surface area contributed by atoms with Crippen molar-refractivity contribution in [2.45, 2.75) is 12.2 Å². The van der Waals surface area contributed by atoms with Gasteiger partial charge in [-0.3, -0.25) is 0 Å². The fourth-order valence-corrected chi connectivity index (χ4v) is 0.822. The molecule has 0 saturated carbocycles. The Balaban J connectivity index is 2.30. The molecule has 1 aliphatic rings. The van der Waals surface area contributed by atoms with Gasteiger partial charge in [-0.05, 0) is 0 Å². The van der Waals surface area contributed by atoms with Gasteiger partial charge in [-0.15, -0.1) is 0 Å². The number of hydrogen-bond donors (Lipinski definition) is 2. The van der Waals surface area contributed by atoms with Crippen LogP contribution in [0.1, 0.15) is 0 Å². The molecule has 1 heterocycles. The van der Waals surface area contributed by atoms with Crippen LogP contribution in [0.15, 0.2) is 0 Å². The molecule has 0 aromatic carbocycles. The zero-order chi connectivity index (χ0) is 8.27. The van der Waals surface area contributed by atoms with E-state index < -0.39 is 12.1 Å². The minimum absolute atomic E-state index is 0.0944. The summed E-state index contributed by atoms with van der Waals surface area (Å²) in [7, 11) is 0. The minimum Gasteiger partial charge on any atom is -0.479 e. The monoisotopic (exact) mass is 161 g/mol. The minimum atomic E-state index is -0.986. The number of rotatable bonds is 2. The van der Waals surface area contributed by atoms with Gasteiger partial charge >= 0.3 is 5.97 Å². The van der Waals surface area contributed by atoms with Gasteiger partial charge in [-0.1, -0.05) is 0 Å². The Kier molecular flexibility index (Phi) is 2.81. The highest BCUT2D eigenvalue weighted by Gasteiger charge is 2.26. The molecule has 0 radical (unpaired) electrons. The van der Waals surface area contributed by atoms with Gasteiger partial charge in [-0.2, -0.15) is 0 Å². The van der Waals surface area contributed by atoms with Crippen molar-refractivity contribution < 1.29 is 19.4 Å². The average molecular weight is 161 g/mol. The molecule has 3 N–H and O–H groups in total. The van der Waals surface area contributed by atoms with E-state index in [0.29, 0.717) is 6.54 Å². The van der Waals surface area contributed by atoms with Gasteiger partial charge in [-0.25, -0.2) is 4.79 Å². The molecule has 1 fully saturated rings. The van der Waals surface area contributed by atoms with Crippen molar-refractivity contribution in [3.8, 4) is 0 Å². The van der Waals surface area contributed by atoms with Gasteiger partial charge in [0.05, 0.1) is 19.3 Å². The van der Waals surface area contributed by atoms with Crippen molar-refractivity contribution in [3.05, 3.63) is 0 Å². The van der Waals surface area contributed by atoms with Crippen LogP contribution in [-0.2, 0) is 14.3 Å². The first-order valence-electron chi connectivity index (χ1n) is 3.40. The zero-order valence-corrected chi connectivity index (χ0v) is 6.03. The Morgan fingerprint density at radius 2 is 2.27 bits per heavy atom. The normalized spacial score (nSPS) is 31.7. The third-order valence-electron chi connectivity index (χ3n) is 1.50. The summed E-state index contributed by atoms with van der Waals surface area (Å²) in [6.07, 6.45) is -0.969. The second kappa shape index (κ2) is 3.66. The third-order valence-corrected chi connectivity index (χ3v) is 1.50. The lowest BCUT2D eigenvalue weighted by Crippen LogP contribution is -2.43. The van der Waals surface area contributed by atoms with Crippen molar-refractivity contribution in [3.63, 3.8) is 0 Å². The Labute approximate surface area is 64.1 Å². The van der Waals surface area contributed by atoms with E-state index in [1.54, 1.807) is 0 Å². The summed E-state index contributed by atoms with van der Waals surface area (Å²) < 4.78 is 10.0. The smallest absolute Gasteiger partial charge is 0.335 e. The molecular formula is C6H11NO4. The van der Waals surface area contributed by atoms with Crippen molar-refractivity contribution in [2.75, 3.05) is 19.8 Å². The fourth-order valence-electron chi connectivity index (χ4n) is 0.822. The largest absolute Gasteiger partial charge is 0.479 e. The van der Waals surface area contributed by atoms with Crippen LogP contribution >= 0.6 is 0 Å². The predicted octanol–water partition coefficient (Wildman–Crippen LogP) is -1.19. The van der Waals surface area contributed by atoms with E-state index in [2.05, 4.69) is 0 Å². The molecule has 11 heavy (non-hydrogen) atoms. The molecule has 0 amide bonds. The Morgan fingerprint density at radius 1 is 1.55 bits per heavy atom. The number of carboxylic acids is 1. The second-order valence-corrected chi connectivity index (χ2v) is 2.35. The van der Waals surface area contributed by atoms with Crippen molar-refractivity contribution >= 4 is 5.97 Å². The molecule has 0 spiro atoms. The number of carbonyl (C=O) groups is 1. The molecule has 0 aromatic heterocycles. The predicted molar refractivity (Wildman–Crippen MR) is 36.2 cm³/mol. The number of nitrogens with two attached hydrogens (primary N) is 1. The van der Waals surface area contributed by atoms with E-state index in [-0.39, 0.29) is 19.3 Å². The van der Waals surface area contributed by atoms with Crippen LogP contribution in [0.5, 0.6) is 0 Å². The van der Waals surface area contributed by atoms with Gasteiger partial charge in [0, 0.05) is 6.54 Å². The summed E-state index contributed by atoms with van der Waals surface area (Å²) in [5.41, 5.74) is 5.27. The summed E-state index contributed by atoms with van der Waals surface area (Å²) in [4.78, 5) is 10.3. The van der Waals surface area contributed by atoms with Gasteiger partial charge < -0.3 is 20.3 Å². The second-order valence-electron chi connectivity index (χ2n) is 2.35. The van der Waals surface area contributed by atoms with Crippen LogP contribution in [0.3, 0.4) is 0 Å². The Morgan fingerprint density at radius 3 is 2.64 bits per heavy atom. The van der Waals surface area contributed by atoms with Crippen LogP contribution in [0.2, 0.25) is 0 Å². The maximum Gasteiger partial charge on any atom is 0.335 e. The SMILES string of the molecule is NC[C@@H]1CO[C@@H](C(=O)O)CO1. The number of carboxylic acid groups (broad SMARTS) is 1. The summed E-state index contributed by atoms with van der Waals surface area (Å²) in [5.74, 6) is -0.986. The van der Waals surface area contributed by atoms with E-state index in [0.717, 1.165) is 0 Å². The molecule has 1 aliphatic heterocycles. The summed E-state index contributed by atoms with van der Waals surface area (Å²) in [6.45, 7) is 0.733. The van der Waals surface area contributed by atoms with Crippen LogP contribution < -0.4 is 5.73 Å². The van der Waals surface area contributed by atoms with E-state index >= 15 is 0 Å². The number of aliphatic carboxylic acids is 1. The molecular weight excluding hydrogens is 150 g/mol. The number of ether oxygens (including phenoxy) is 2. The van der Waals surface area contributed by atoms with Crippen LogP contribution in [0.25, 0.3) is 0 Å². The molecule has 2 atom stereocenters. The van der Waals surface area contributed by atoms with E-state index in [1.165, 1.54) is 0 Å². The van der Waals surface area contributed by atoms with Gasteiger partial charge in [0.25, 0.3) is 0 Å². The van der Waals surface area contributed by atoms with Gasteiger partial charge in [0.15, 0.2) is 6.10 Å². The molecule has 64 valence electrons. The molecule has 5 heteroatoms. The fraction of sp³-hybridized carbons (Fsp3) is 0.833. The maximum atomic E-state index is 10.3. The average Bonchev–Trinajstić information content (AvgIpc) is 2.05. The first-order valence-corrected chi connectivity index (χ1v) is 3.40. The topological polar surface area (TPSA) is 81.8 Å². The lowest BCUT2D eigenvalue weighted by atomic mass is 10.3. The van der Waals surface area contributed by atoms with Crippen molar-refractivity contribution in [1.82, 2.24) is 0 Å². The van der Waals surface area contributed by atoms with E-state index in [4.69, 9.17) is 20.3 Å². The summed E-state index contributed by atoms with van der Waals surface area (Å²) >= 11 is 0. The highest BCUT2D eigenvalue weighted by molar-refractivity contribution is 5.72. The first kappa shape index (κ1) is 8.45. The standard InChI is InChI=1S/C6H11NO4/c7-1-4-2-11-5(3-10-4)6(8)9/h4-5H,1-3,7H2,(H,8,9)/t4-,5-/m1/s1. The quantitative estimate of drug-likeness (QED) is 0.532. The van der Waals surface area contributed by atoms with Crippen LogP contribution in [-0.4, -0.2) is 43.0 Å². The first-order chi connectivity index (χ1) is 5.24. The Bertz CT molecular complexity index is 142. The van der Waals surface area contributed by atoms with Crippen LogP contribution in [0, 0.1) is 0 Å². The highest BCUT2D eigenvalue weighted by Crippen LogP contribution is 2.05. The molecule has 5 nitrogen and oxygen atoms in total. The van der Waals surface area contributed by atoms with Gasteiger partial charge in [0.1, 0.15) is 0 Å². The lowest BCUT2D eigenvalue weighted by molar-refractivity contribution is -0.174.